The molecule has 6 heteroatoms. The van der Waals surface area contributed by atoms with E-state index in [1.54, 1.807) is 0 Å². The molecule has 362 valence electrons. The number of aliphatic hydroxyl groups excluding tert-OH is 2. The number of rotatable bonds is 48. The van der Waals surface area contributed by atoms with Crippen molar-refractivity contribution >= 4 is 11.9 Å². The second-order valence-electron chi connectivity index (χ2n) is 18.3. The minimum absolute atomic E-state index is 0.00454. The van der Waals surface area contributed by atoms with E-state index in [-0.39, 0.29) is 24.9 Å². The van der Waals surface area contributed by atoms with Crippen LogP contribution in [0.2, 0.25) is 0 Å². The summed E-state index contributed by atoms with van der Waals surface area (Å²) in [7, 11) is 0. The van der Waals surface area contributed by atoms with Crippen molar-refractivity contribution in [2.24, 2.45) is 0 Å². The van der Waals surface area contributed by atoms with Crippen LogP contribution in [0, 0.1) is 0 Å². The molecule has 0 spiro atoms. The number of esters is 1. The molecule has 62 heavy (non-hydrogen) atoms. The predicted molar refractivity (Wildman–Crippen MR) is 269 cm³/mol. The number of hydrogen-bond donors (Lipinski definition) is 3. The summed E-state index contributed by atoms with van der Waals surface area (Å²) >= 11 is 0. The molecule has 0 bridgehead atoms. The Labute approximate surface area is 385 Å². The Morgan fingerprint density at radius 1 is 0.484 bits per heavy atom. The molecule has 3 atom stereocenters. The molecule has 0 aliphatic heterocycles. The topological polar surface area (TPSA) is 95.9 Å². The Bertz CT molecular complexity index is 1070. The number of allylic oxidation sites excluding steroid dienone is 7. The average molecular weight is 870 g/mol. The van der Waals surface area contributed by atoms with Gasteiger partial charge in [-0.15, -0.1) is 0 Å². The van der Waals surface area contributed by atoms with Crippen molar-refractivity contribution in [1.29, 1.82) is 0 Å². The van der Waals surface area contributed by atoms with Crippen LogP contribution in [-0.4, -0.2) is 46.9 Å². The number of nitrogens with one attached hydrogen (secondary N) is 1. The summed E-state index contributed by atoms with van der Waals surface area (Å²) in [6, 6.07) is -0.729. The van der Waals surface area contributed by atoms with Gasteiger partial charge in [-0.2, -0.15) is 0 Å². The first-order valence-corrected chi connectivity index (χ1v) is 26.9. The minimum Gasteiger partial charge on any atom is -0.461 e. The van der Waals surface area contributed by atoms with E-state index < -0.39 is 18.2 Å². The van der Waals surface area contributed by atoms with Gasteiger partial charge in [-0.25, -0.2) is 0 Å². The van der Waals surface area contributed by atoms with Gasteiger partial charge in [0.15, 0.2) is 0 Å². The van der Waals surface area contributed by atoms with E-state index in [0.717, 1.165) is 57.8 Å². The average Bonchev–Trinajstić information content (AvgIpc) is 3.26. The summed E-state index contributed by atoms with van der Waals surface area (Å²) in [4.78, 5) is 26.1. The molecule has 0 aliphatic carbocycles. The number of amides is 1. The second kappa shape index (κ2) is 49.8. The van der Waals surface area contributed by atoms with Crippen molar-refractivity contribution in [2.45, 2.75) is 289 Å². The second-order valence-corrected chi connectivity index (χ2v) is 18.3. The number of aliphatic hydroxyl groups is 2. The summed E-state index contributed by atoms with van der Waals surface area (Å²) < 4.78 is 5.88. The summed E-state index contributed by atoms with van der Waals surface area (Å²) in [5, 5.41) is 23.8. The van der Waals surface area contributed by atoms with Gasteiger partial charge in [0.1, 0.15) is 6.10 Å². The highest BCUT2D eigenvalue weighted by atomic mass is 16.5. The van der Waals surface area contributed by atoms with Crippen molar-refractivity contribution in [3.8, 4) is 0 Å². The molecule has 0 rings (SSSR count). The molecular weight excluding hydrogens is 767 g/mol. The van der Waals surface area contributed by atoms with Crippen molar-refractivity contribution in [1.82, 2.24) is 5.32 Å². The van der Waals surface area contributed by atoms with E-state index >= 15 is 0 Å². The fourth-order valence-corrected chi connectivity index (χ4v) is 8.06. The van der Waals surface area contributed by atoms with Gasteiger partial charge in [-0.05, 0) is 44.9 Å². The van der Waals surface area contributed by atoms with Crippen molar-refractivity contribution in [3.05, 3.63) is 48.6 Å². The maximum atomic E-state index is 13.2. The zero-order valence-corrected chi connectivity index (χ0v) is 41.3. The fraction of sp³-hybridized carbons (Fsp3) is 0.821. The van der Waals surface area contributed by atoms with Gasteiger partial charge in [-0.1, -0.05) is 256 Å². The molecule has 0 aromatic rings. The lowest BCUT2D eigenvalue weighted by Gasteiger charge is -2.24. The number of hydrogen-bond acceptors (Lipinski definition) is 5. The molecule has 0 heterocycles. The quantitative estimate of drug-likeness (QED) is 0.0322. The fourth-order valence-electron chi connectivity index (χ4n) is 8.06. The van der Waals surface area contributed by atoms with Crippen LogP contribution < -0.4 is 5.32 Å². The highest BCUT2D eigenvalue weighted by Gasteiger charge is 2.23. The van der Waals surface area contributed by atoms with Gasteiger partial charge in [0.2, 0.25) is 5.91 Å². The van der Waals surface area contributed by atoms with E-state index in [1.165, 1.54) is 167 Å². The SMILES string of the molecule is CCCCC/C=C\C/C=C\C/C=C\C/C=C\CC(CC(=O)NC(CO)C(O)CCCCCCCCCCCCCCCC)OC(=O)CCCCCCCCCCCCCCCC. The van der Waals surface area contributed by atoms with Crippen LogP contribution in [0.4, 0.5) is 0 Å². The third kappa shape index (κ3) is 44.4. The van der Waals surface area contributed by atoms with Crippen molar-refractivity contribution in [2.75, 3.05) is 6.61 Å². The van der Waals surface area contributed by atoms with Gasteiger partial charge < -0.3 is 20.3 Å². The molecule has 1 amide bonds. The van der Waals surface area contributed by atoms with Crippen molar-refractivity contribution < 1.29 is 24.5 Å². The Balaban J connectivity index is 4.67. The minimum atomic E-state index is -0.809. The zero-order valence-electron chi connectivity index (χ0n) is 41.3. The number of carbonyl (C=O) groups is 2. The molecule has 3 N–H and O–H groups in total. The number of unbranched alkanes of at least 4 members (excludes halogenated alkanes) is 29. The number of carbonyl (C=O) groups excluding carboxylic acids is 2. The summed E-state index contributed by atoms with van der Waals surface area (Å²) in [6.45, 7) is 6.44. The molecule has 3 unspecified atom stereocenters. The molecular formula is C56H103NO5. The van der Waals surface area contributed by atoms with Crippen LogP contribution >= 0.6 is 0 Å². The predicted octanol–water partition coefficient (Wildman–Crippen LogP) is 16.2. The lowest BCUT2D eigenvalue weighted by atomic mass is 10.0. The Morgan fingerprint density at radius 3 is 1.29 bits per heavy atom. The molecule has 0 aromatic carbocycles. The van der Waals surface area contributed by atoms with E-state index in [2.05, 4.69) is 68.6 Å². The van der Waals surface area contributed by atoms with Crippen LogP contribution in [0.3, 0.4) is 0 Å². The summed E-state index contributed by atoms with van der Waals surface area (Å²) in [5.41, 5.74) is 0. The maximum Gasteiger partial charge on any atom is 0.306 e. The molecule has 6 nitrogen and oxygen atoms in total. The first-order valence-electron chi connectivity index (χ1n) is 26.9. The van der Waals surface area contributed by atoms with E-state index in [0.29, 0.717) is 19.3 Å². The third-order valence-corrected chi connectivity index (χ3v) is 12.2. The van der Waals surface area contributed by atoms with Crippen LogP contribution in [0.5, 0.6) is 0 Å². The molecule has 0 aromatic heterocycles. The van der Waals surface area contributed by atoms with E-state index in [1.807, 2.05) is 6.08 Å². The zero-order chi connectivity index (χ0) is 45.2. The van der Waals surface area contributed by atoms with Gasteiger partial charge in [0.05, 0.1) is 25.2 Å². The van der Waals surface area contributed by atoms with Crippen molar-refractivity contribution in [3.63, 3.8) is 0 Å². The standard InChI is InChI=1S/C56H103NO5/c1-4-7-10-13-16-19-22-25-28-29-32-35-38-41-44-47-52(62-56(61)49-46-43-40-37-34-31-27-24-21-18-15-12-9-6-3)50-55(60)57-53(51-58)54(59)48-45-42-39-36-33-30-26-23-20-17-14-11-8-5-2/h16,19,25,28,32,35,41,44,52-54,58-59H,4-15,17-18,20-24,26-27,29-31,33-34,36-40,42-43,45-51H2,1-3H3,(H,57,60)/b19-16-,28-25-,35-32-,44-41-. The summed E-state index contributed by atoms with van der Waals surface area (Å²) in [6.07, 6.45) is 60.4. The van der Waals surface area contributed by atoms with E-state index in [9.17, 15) is 19.8 Å². The highest BCUT2D eigenvalue weighted by Crippen LogP contribution is 2.17. The first kappa shape index (κ1) is 59.8. The molecule has 0 saturated heterocycles. The normalized spacial score (nSPS) is 13.6. The molecule has 0 saturated carbocycles. The van der Waals surface area contributed by atoms with Crippen LogP contribution in [-0.2, 0) is 14.3 Å². The van der Waals surface area contributed by atoms with Crippen LogP contribution in [0.15, 0.2) is 48.6 Å². The Hall–Kier alpha value is -2.18. The maximum absolute atomic E-state index is 13.2. The lowest BCUT2D eigenvalue weighted by molar-refractivity contribution is -0.150. The Morgan fingerprint density at radius 2 is 0.855 bits per heavy atom. The monoisotopic (exact) mass is 870 g/mol. The van der Waals surface area contributed by atoms with Gasteiger partial charge in [0, 0.05) is 12.8 Å². The first-order chi connectivity index (χ1) is 30.5. The molecule has 0 aliphatic rings. The highest BCUT2D eigenvalue weighted by molar-refractivity contribution is 5.77. The van der Waals surface area contributed by atoms with Gasteiger partial charge in [0.25, 0.3) is 0 Å². The van der Waals surface area contributed by atoms with E-state index in [4.69, 9.17) is 4.74 Å². The summed E-state index contributed by atoms with van der Waals surface area (Å²) in [5.74, 6) is -0.566. The largest absolute Gasteiger partial charge is 0.461 e. The van der Waals surface area contributed by atoms with Crippen LogP contribution in [0.25, 0.3) is 0 Å². The van der Waals surface area contributed by atoms with Crippen LogP contribution in [0.1, 0.15) is 271 Å². The molecule has 0 fully saturated rings. The van der Waals surface area contributed by atoms with Gasteiger partial charge in [-0.3, -0.25) is 9.59 Å². The third-order valence-electron chi connectivity index (χ3n) is 12.2. The lowest BCUT2D eigenvalue weighted by Crippen LogP contribution is -2.46. The number of ether oxygens (including phenoxy) is 1. The molecule has 0 radical (unpaired) electrons. The Kier molecular flexibility index (Phi) is 48.1. The van der Waals surface area contributed by atoms with Gasteiger partial charge >= 0.3 is 5.97 Å². The smallest absolute Gasteiger partial charge is 0.306 e.